The van der Waals surface area contributed by atoms with Gasteiger partial charge in [-0.05, 0) is 75.3 Å². The predicted molar refractivity (Wildman–Crippen MR) is 168 cm³/mol. The molecule has 0 aliphatic carbocycles. The van der Waals surface area contributed by atoms with Crippen molar-refractivity contribution in [3.63, 3.8) is 0 Å². The SMILES string of the molecule is CCCCCCC(=O)O/N=C(\CCCS)C(=O)c1ccc(Sc2ccc(C(=O)C(C)(C)N3CCOCC3)cc2)cc1. The van der Waals surface area contributed by atoms with Crippen LogP contribution < -0.4 is 0 Å². The number of carbonyl (C=O) groups is 3. The summed E-state index contributed by atoms with van der Waals surface area (Å²) in [5.41, 5.74) is 0.795. The molecule has 1 aliphatic rings. The van der Waals surface area contributed by atoms with Crippen LogP contribution in [0.1, 0.15) is 86.4 Å². The van der Waals surface area contributed by atoms with Crippen molar-refractivity contribution >= 4 is 47.6 Å². The fourth-order valence-corrected chi connectivity index (χ4v) is 5.54. The normalized spacial score (nSPS) is 14.6. The lowest BCUT2D eigenvalue weighted by Gasteiger charge is -2.39. The summed E-state index contributed by atoms with van der Waals surface area (Å²) in [6.45, 7) is 8.84. The second-order valence-electron chi connectivity index (χ2n) is 10.6. The summed E-state index contributed by atoms with van der Waals surface area (Å²) in [5, 5.41) is 3.94. The highest BCUT2D eigenvalue weighted by molar-refractivity contribution is 7.99. The maximum Gasteiger partial charge on any atom is 0.335 e. The van der Waals surface area contributed by atoms with E-state index < -0.39 is 11.5 Å². The lowest BCUT2D eigenvalue weighted by atomic mass is 9.91. The molecule has 0 radical (unpaired) electrons. The number of benzene rings is 2. The van der Waals surface area contributed by atoms with Crippen LogP contribution in [-0.4, -0.2) is 65.7 Å². The Morgan fingerprint density at radius 3 is 2.10 bits per heavy atom. The number of unbranched alkanes of at least 4 members (excludes halogenated alkanes) is 3. The highest BCUT2D eigenvalue weighted by Crippen LogP contribution is 2.29. The molecule has 1 fully saturated rings. The van der Waals surface area contributed by atoms with Crippen LogP contribution in [0.25, 0.3) is 0 Å². The number of rotatable bonds is 16. The van der Waals surface area contributed by atoms with Crippen molar-refractivity contribution in [3.8, 4) is 0 Å². The smallest absolute Gasteiger partial charge is 0.335 e. The summed E-state index contributed by atoms with van der Waals surface area (Å²) in [4.78, 5) is 47.6. The van der Waals surface area contributed by atoms with Gasteiger partial charge in [0.25, 0.3) is 0 Å². The van der Waals surface area contributed by atoms with Gasteiger partial charge in [-0.2, -0.15) is 12.6 Å². The third-order valence-corrected chi connectivity index (χ3v) is 8.48. The van der Waals surface area contributed by atoms with Crippen molar-refractivity contribution in [2.75, 3.05) is 32.1 Å². The van der Waals surface area contributed by atoms with Gasteiger partial charge < -0.3 is 9.57 Å². The number of morpholine rings is 1. The molecular weight excluding hydrogens is 556 g/mol. The Labute approximate surface area is 253 Å². The summed E-state index contributed by atoms with van der Waals surface area (Å²) < 4.78 is 5.44. The van der Waals surface area contributed by atoms with Gasteiger partial charge in [0.1, 0.15) is 5.71 Å². The van der Waals surface area contributed by atoms with E-state index in [0.29, 0.717) is 49.4 Å². The molecule has 0 saturated carbocycles. The van der Waals surface area contributed by atoms with Crippen LogP contribution in [0.15, 0.2) is 63.5 Å². The van der Waals surface area contributed by atoms with Crippen molar-refractivity contribution in [1.29, 1.82) is 0 Å². The van der Waals surface area contributed by atoms with Crippen molar-refractivity contribution in [3.05, 3.63) is 59.7 Å². The zero-order valence-corrected chi connectivity index (χ0v) is 26.1. The van der Waals surface area contributed by atoms with Gasteiger partial charge in [-0.1, -0.05) is 55.2 Å². The minimum Gasteiger partial charge on any atom is -0.379 e. The fourth-order valence-electron chi connectivity index (χ4n) is 4.57. The largest absolute Gasteiger partial charge is 0.379 e. The molecule has 41 heavy (non-hydrogen) atoms. The molecule has 0 atom stereocenters. The van der Waals surface area contributed by atoms with E-state index in [-0.39, 0.29) is 17.3 Å². The maximum absolute atomic E-state index is 13.2. The molecule has 1 heterocycles. The topological polar surface area (TPSA) is 85.3 Å². The summed E-state index contributed by atoms with van der Waals surface area (Å²) in [7, 11) is 0. The van der Waals surface area contributed by atoms with Crippen LogP contribution in [0.2, 0.25) is 0 Å². The Morgan fingerprint density at radius 1 is 0.902 bits per heavy atom. The highest BCUT2D eigenvalue weighted by atomic mass is 32.2. The minimum atomic E-state index is -0.594. The third-order valence-electron chi connectivity index (χ3n) is 7.15. The molecule has 0 N–H and O–H groups in total. The lowest BCUT2D eigenvalue weighted by Crippen LogP contribution is -2.54. The first-order valence-corrected chi connectivity index (χ1v) is 15.9. The maximum atomic E-state index is 13.2. The molecule has 2 aromatic carbocycles. The fraction of sp³-hybridized carbons (Fsp3) is 0.500. The highest BCUT2D eigenvalue weighted by Gasteiger charge is 2.35. The van der Waals surface area contributed by atoms with Crippen LogP contribution >= 0.6 is 24.4 Å². The summed E-state index contributed by atoms with van der Waals surface area (Å²) in [6, 6.07) is 14.9. The van der Waals surface area contributed by atoms with Crippen LogP contribution in [0.3, 0.4) is 0 Å². The van der Waals surface area contributed by atoms with Gasteiger partial charge in [-0.25, -0.2) is 4.79 Å². The molecule has 222 valence electrons. The van der Waals surface area contributed by atoms with E-state index in [9.17, 15) is 14.4 Å². The van der Waals surface area contributed by atoms with Crippen LogP contribution in [0.5, 0.6) is 0 Å². The lowest BCUT2D eigenvalue weighted by molar-refractivity contribution is -0.143. The van der Waals surface area contributed by atoms with Crippen molar-refractivity contribution in [2.24, 2.45) is 5.16 Å². The molecule has 0 amide bonds. The van der Waals surface area contributed by atoms with E-state index >= 15 is 0 Å². The molecule has 3 rings (SSSR count). The summed E-state index contributed by atoms with van der Waals surface area (Å²) >= 11 is 5.79. The molecule has 9 heteroatoms. The first kappa shape index (κ1) is 33.0. The van der Waals surface area contributed by atoms with Gasteiger partial charge in [0.15, 0.2) is 5.78 Å². The number of oxime groups is 1. The second kappa shape index (κ2) is 16.9. The molecular formula is C32H42N2O5S2. The number of carbonyl (C=O) groups excluding carboxylic acids is 3. The first-order valence-electron chi connectivity index (χ1n) is 14.4. The van der Waals surface area contributed by atoms with Gasteiger partial charge in [0, 0.05) is 40.4 Å². The number of hydrogen-bond donors (Lipinski definition) is 1. The molecule has 1 aliphatic heterocycles. The number of thiol groups is 1. The minimum absolute atomic E-state index is 0.0939. The number of nitrogens with zero attached hydrogens (tertiary/aromatic N) is 2. The molecule has 0 unspecified atom stereocenters. The Hall–Kier alpha value is -2.46. The number of ketones is 2. The molecule has 7 nitrogen and oxygen atoms in total. The quantitative estimate of drug-likeness (QED) is 0.0562. The Bertz CT molecular complexity index is 1170. The van der Waals surface area contributed by atoms with Crippen molar-refractivity contribution in [1.82, 2.24) is 4.90 Å². The first-order chi connectivity index (χ1) is 19.8. The van der Waals surface area contributed by atoms with Gasteiger partial charge in [-0.3, -0.25) is 14.5 Å². The van der Waals surface area contributed by atoms with E-state index in [1.54, 1.807) is 23.9 Å². The summed E-state index contributed by atoms with van der Waals surface area (Å²) in [6.07, 6.45) is 5.23. The van der Waals surface area contributed by atoms with Crippen LogP contribution in [0.4, 0.5) is 0 Å². The Kier molecular flexibility index (Phi) is 13.6. The average Bonchev–Trinajstić information content (AvgIpc) is 3.00. The third kappa shape index (κ3) is 10.1. The number of ether oxygens (including phenoxy) is 1. The monoisotopic (exact) mass is 598 g/mol. The average molecular weight is 599 g/mol. The zero-order valence-electron chi connectivity index (χ0n) is 24.4. The molecule has 0 bridgehead atoms. The van der Waals surface area contributed by atoms with Gasteiger partial charge >= 0.3 is 5.97 Å². The van der Waals surface area contributed by atoms with Crippen molar-refractivity contribution in [2.45, 2.75) is 81.0 Å². The Morgan fingerprint density at radius 2 is 1.51 bits per heavy atom. The van der Waals surface area contributed by atoms with Gasteiger partial charge in [0.05, 0.1) is 18.8 Å². The Balaban J connectivity index is 1.60. The summed E-state index contributed by atoms with van der Waals surface area (Å²) in [5.74, 6) is 0.0210. The molecule has 1 saturated heterocycles. The van der Waals surface area contributed by atoms with Crippen molar-refractivity contribution < 1.29 is 24.0 Å². The standard InChI is InChI=1S/C32H42N2O5S2/c1-4-5-6-7-10-29(35)39-33-28(9-8-23-40)30(36)24-11-15-26(16-12-24)41-27-17-13-25(14-18-27)31(37)32(2,3)34-19-21-38-22-20-34/h11-18,40H,4-10,19-23H2,1-3H3/b33-28+. The van der Waals surface area contributed by atoms with Gasteiger partial charge in [-0.15, -0.1) is 0 Å². The van der Waals surface area contributed by atoms with Crippen LogP contribution in [-0.2, 0) is 14.4 Å². The van der Waals surface area contributed by atoms with Crippen LogP contribution in [0, 0.1) is 0 Å². The van der Waals surface area contributed by atoms with E-state index in [0.717, 1.165) is 48.6 Å². The van der Waals surface area contributed by atoms with E-state index in [1.807, 2.05) is 50.2 Å². The molecule has 0 spiro atoms. The van der Waals surface area contributed by atoms with Gasteiger partial charge in [0.2, 0.25) is 5.78 Å². The second-order valence-corrected chi connectivity index (χ2v) is 12.2. The molecule has 2 aromatic rings. The van der Waals surface area contributed by atoms with E-state index in [1.165, 1.54) is 0 Å². The number of Topliss-reactive ketones (excluding diaryl/α,β-unsaturated/α-hetero) is 2. The van der Waals surface area contributed by atoms with E-state index in [4.69, 9.17) is 9.57 Å². The number of hydrogen-bond acceptors (Lipinski definition) is 9. The molecule has 0 aromatic heterocycles. The zero-order chi connectivity index (χ0) is 29.7. The van der Waals surface area contributed by atoms with E-state index in [2.05, 4.69) is 29.6 Å². The predicted octanol–water partition coefficient (Wildman–Crippen LogP) is 6.89.